The summed E-state index contributed by atoms with van der Waals surface area (Å²) in [5.74, 6) is 0.644. The monoisotopic (exact) mass is 344 g/mol. The SMILES string of the molecule is COC(=O)[C@]12C[C@]13CC[C@@H](C)[C@](C)(CCc1ccoc1)[C@H]3C=C[C@H]2O. The summed E-state index contributed by atoms with van der Waals surface area (Å²) in [6.07, 6.45) is 11.7. The van der Waals surface area contributed by atoms with E-state index in [9.17, 15) is 9.90 Å². The van der Waals surface area contributed by atoms with Crippen LogP contribution in [0.5, 0.6) is 0 Å². The van der Waals surface area contributed by atoms with Crippen LogP contribution < -0.4 is 0 Å². The molecule has 2 fully saturated rings. The number of aryl methyl sites for hydroxylation is 1. The van der Waals surface area contributed by atoms with Gasteiger partial charge in [-0.25, -0.2) is 0 Å². The third-order valence-electron chi connectivity index (χ3n) is 7.89. The maximum absolute atomic E-state index is 12.6. The molecule has 6 atom stereocenters. The molecule has 4 rings (SSSR count). The highest BCUT2D eigenvalue weighted by atomic mass is 16.5. The molecule has 0 unspecified atom stereocenters. The molecule has 1 spiro atoms. The highest BCUT2D eigenvalue weighted by Crippen LogP contribution is 2.79. The first-order valence-corrected chi connectivity index (χ1v) is 9.36. The van der Waals surface area contributed by atoms with Gasteiger partial charge in [0.1, 0.15) is 5.41 Å². The van der Waals surface area contributed by atoms with Crippen molar-refractivity contribution in [1.82, 2.24) is 0 Å². The molecular weight excluding hydrogens is 316 g/mol. The second-order valence-corrected chi connectivity index (χ2v) is 8.68. The summed E-state index contributed by atoms with van der Waals surface area (Å²) in [6, 6.07) is 2.03. The molecule has 0 amide bonds. The Morgan fingerprint density at radius 3 is 2.92 bits per heavy atom. The minimum Gasteiger partial charge on any atom is -0.472 e. The summed E-state index contributed by atoms with van der Waals surface area (Å²) in [7, 11) is 1.44. The molecule has 0 bridgehead atoms. The first-order chi connectivity index (χ1) is 11.9. The number of aliphatic hydroxyl groups excluding tert-OH is 1. The van der Waals surface area contributed by atoms with Crippen LogP contribution in [0.4, 0.5) is 0 Å². The van der Waals surface area contributed by atoms with E-state index in [0.29, 0.717) is 11.8 Å². The summed E-state index contributed by atoms with van der Waals surface area (Å²) in [6.45, 7) is 4.70. The van der Waals surface area contributed by atoms with E-state index in [1.165, 1.54) is 12.7 Å². The zero-order chi connectivity index (χ0) is 17.9. The van der Waals surface area contributed by atoms with E-state index in [1.807, 2.05) is 18.4 Å². The van der Waals surface area contributed by atoms with Crippen molar-refractivity contribution >= 4 is 5.97 Å². The van der Waals surface area contributed by atoms with Crippen molar-refractivity contribution in [2.24, 2.45) is 28.1 Å². The highest BCUT2D eigenvalue weighted by molar-refractivity contribution is 5.84. The predicted octanol–water partition coefficient (Wildman–Crippen LogP) is 3.74. The number of hydrogen-bond donors (Lipinski definition) is 1. The molecule has 1 aromatic rings. The lowest BCUT2D eigenvalue weighted by atomic mass is 9.51. The van der Waals surface area contributed by atoms with E-state index in [4.69, 9.17) is 9.15 Å². The number of furan rings is 1. The Morgan fingerprint density at radius 1 is 1.44 bits per heavy atom. The topological polar surface area (TPSA) is 59.7 Å². The van der Waals surface area contributed by atoms with Crippen LogP contribution in [0.15, 0.2) is 35.2 Å². The van der Waals surface area contributed by atoms with Gasteiger partial charge in [-0.1, -0.05) is 26.0 Å². The van der Waals surface area contributed by atoms with Crippen LogP contribution >= 0.6 is 0 Å². The lowest BCUT2D eigenvalue weighted by Crippen LogP contribution is -2.50. The zero-order valence-corrected chi connectivity index (χ0v) is 15.3. The van der Waals surface area contributed by atoms with Gasteiger partial charge in [0.05, 0.1) is 25.7 Å². The Morgan fingerprint density at radius 2 is 2.24 bits per heavy atom. The Hall–Kier alpha value is -1.55. The fraction of sp³-hybridized carbons (Fsp3) is 0.667. The van der Waals surface area contributed by atoms with Crippen LogP contribution in [0.1, 0.15) is 45.1 Å². The zero-order valence-electron chi connectivity index (χ0n) is 15.3. The Kier molecular flexibility index (Phi) is 3.70. The highest BCUT2D eigenvalue weighted by Gasteiger charge is 2.81. The van der Waals surface area contributed by atoms with Crippen molar-refractivity contribution in [1.29, 1.82) is 0 Å². The van der Waals surface area contributed by atoms with Gasteiger partial charge >= 0.3 is 5.97 Å². The molecule has 25 heavy (non-hydrogen) atoms. The van der Waals surface area contributed by atoms with E-state index in [1.54, 1.807) is 6.26 Å². The number of rotatable bonds is 4. The number of aliphatic hydroxyl groups is 1. The van der Waals surface area contributed by atoms with Crippen LogP contribution in [0.25, 0.3) is 0 Å². The van der Waals surface area contributed by atoms with E-state index < -0.39 is 11.5 Å². The first-order valence-electron chi connectivity index (χ1n) is 9.36. The Labute approximate surface area is 149 Å². The quantitative estimate of drug-likeness (QED) is 0.668. The van der Waals surface area contributed by atoms with Crippen LogP contribution in [0.3, 0.4) is 0 Å². The van der Waals surface area contributed by atoms with Gasteiger partial charge < -0.3 is 14.3 Å². The number of methoxy groups -OCH3 is 1. The molecule has 0 saturated heterocycles. The maximum Gasteiger partial charge on any atom is 0.315 e. The largest absolute Gasteiger partial charge is 0.472 e. The van der Waals surface area contributed by atoms with Gasteiger partial charge in [-0.15, -0.1) is 0 Å². The number of allylic oxidation sites excluding steroid dienone is 1. The molecule has 4 heteroatoms. The molecule has 0 radical (unpaired) electrons. The average Bonchev–Trinajstić information content (AvgIpc) is 3.03. The van der Waals surface area contributed by atoms with Crippen LogP contribution in [-0.4, -0.2) is 24.3 Å². The normalized spacial score (nSPS) is 44.7. The minimum atomic E-state index is -0.724. The van der Waals surface area contributed by atoms with Gasteiger partial charge in [0.15, 0.2) is 0 Å². The summed E-state index contributed by atoms with van der Waals surface area (Å²) in [5.41, 5.74) is 0.467. The molecule has 3 aliphatic rings. The second kappa shape index (κ2) is 5.47. The van der Waals surface area contributed by atoms with Crippen LogP contribution in [-0.2, 0) is 16.0 Å². The molecule has 136 valence electrons. The van der Waals surface area contributed by atoms with Gasteiger partial charge in [-0.3, -0.25) is 4.79 Å². The summed E-state index contributed by atoms with van der Waals surface area (Å²) < 4.78 is 10.3. The molecule has 1 heterocycles. The minimum absolute atomic E-state index is 0.0991. The lowest BCUT2D eigenvalue weighted by Gasteiger charge is -2.53. The van der Waals surface area contributed by atoms with Crippen molar-refractivity contribution in [2.75, 3.05) is 7.11 Å². The van der Waals surface area contributed by atoms with Crippen molar-refractivity contribution in [3.05, 3.63) is 36.3 Å². The van der Waals surface area contributed by atoms with Crippen molar-refractivity contribution in [2.45, 2.75) is 52.1 Å². The third-order valence-corrected chi connectivity index (χ3v) is 7.89. The van der Waals surface area contributed by atoms with Gasteiger partial charge in [-0.05, 0) is 66.4 Å². The average molecular weight is 344 g/mol. The van der Waals surface area contributed by atoms with Crippen molar-refractivity contribution < 1.29 is 19.1 Å². The molecule has 0 aromatic carbocycles. The number of ether oxygens (including phenoxy) is 1. The van der Waals surface area contributed by atoms with Crippen molar-refractivity contribution in [3.63, 3.8) is 0 Å². The van der Waals surface area contributed by atoms with Gasteiger partial charge in [-0.2, -0.15) is 0 Å². The van der Waals surface area contributed by atoms with Gasteiger partial charge in [0.2, 0.25) is 0 Å². The van der Waals surface area contributed by atoms with Gasteiger partial charge in [0.25, 0.3) is 0 Å². The lowest BCUT2D eigenvalue weighted by molar-refractivity contribution is -0.156. The first kappa shape index (κ1) is 16.9. The third kappa shape index (κ3) is 2.06. The Bertz CT molecular complexity index is 693. The maximum atomic E-state index is 12.6. The number of hydrogen-bond acceptors (Lipinski definition) is 4. The summed E-state index contributed by atoms with van der Waals surface area (Å²) in [5, 5.41) is 10.6. The molecule has 2 saturated carbocycles. The molecule has 1 aromatic heterocycles. The molecule has 3 aliphatic carbocycles. The number of carbonyl (C=O) groups is 1. The summed E-state index contributed by atoms with van der Waals surface area (Å²) in [4.78, 5) is 12.6. The smallest absolute Gasteiger partial charge is 0.315 e. The fourth-order valence-corrected chi connectivity index (χ4v) is 6.06. The van der Waals surface area contributed by atoms with Crippen LogP contribution in [0, 0.1) is 28.1 Å². The standard InChI is InChI=1S/C21H28O4/c1-14-6-10-20-13-21(20,18(23)24-3)17(22)5-4-16(20)19(14,2)9-7-15-8-11-25-12-15/h4-5,8,11-12,14,16-17,22H,6-7,9-10,13H2,1-3H3/t14-,16-,17-,19+,20+,21-/m1/s1. The van der Waals surface area contributed by atoms with E-state index >= 15 is 0 Å². The summed E-state index contributed by atoms with van der Waals surface area (Å²) >= 11 is 0. The van der Waals surface area contributed by atoms with E-state index in [0.717, 1.165) is 32.1 Å². The molecule has 0 aliphatic heterocycles. The fourth-order valence-electron chi connectivity index (χ4n) is 6.06. The van der Waals surface area contributed by atoms with Crippen LogP contribution in [0.2, 0.25) is 0 Å². The molecule has 1 N–H and O–H groups in total. The number of esters is 1. The molecule has 4 nitrogen and oxygen atoms in total. The predicted molar refractivity (Wildman–Crippen MR) is 93.7 cm³/mol. The molecular formula is C21H28O4. The second-order valence-electron chi connectivity index (χ2n) is 8.68. The number of carbonyl (C=O) groups excluding carboxylic acids is 1. The van der Waals surface area contributed by atoms with E-state index in [2.05, 4.69) is 19.9 Å². The Balaban J connectivity index is 1.67. The van der Waals surface area contributed by atoms with Gasteiger partial charge in [0, 0.05) is 0 Å². The van der Waals surface area contributed by atoms with Crippen molar-refractivity contribution in [3.8, 4) is 0 Å². The van der Waals surface area contributed by atoms with E-state index in [-0.39, 0.29) is 16.8 Å².